The number of alkyl halides is 6. The molecule has 0 fully saturated rings. The molecule has 0 aliphatic rings. The quantitative estimate of drug-likeness (QED) is 0.0532. The van der Waals surface area contributed by atoms with Gasteiger partial charge in [0.2, 0.25) is 0 Å². The van der Waals surface area contributed by atoms with Gasteiger partial charge < -0.3 is 17.8 Å². The summed E-state index contributed by atoms with van der Waals surface area (Å²) in [6.07, 6.45) is 0.259. The molecule has 50 heavy (non-hydrogen) atoms. The molecule has 0 heterocycles. The van der Waals surface area contributed by atoms with Crippen LogP contribution in [0.3, 0.4) is 0 Å². The number of carbonyl (C=O) groups is 2. The van der Waals surface area contributed by atoms with Crippen LogP contribution in [0.4, 0.5) is 26.3 Å². The highest BCUT2D eigenvalue weighted by Gasteiger charge is 2.51. The average molecular weight is 747 g/mol. The van der Waals surface area contributed by atoms with Gasteiger partial charge in [-0.2, -0.15) is 43.2 Å². The summed E-state index contributed by atoms with van der Waals surface area (Å²) in [7, 11) is -13.1. The molecule has 3 aromatic carbocycles. The number of hydrogen-bond donors (Lipinski definition) is 0. The van der Waals surface area contributed by atoms with Gasteiger partial charge in [0, 0.05) is 36.1 Å². The van der Waals surface area contributed by atoms with Gasteiger partial charge in [-0.3, -0.25) is 0 Å². The van der Waals surface area contributed by atoms with Crippen molar-refractivity contribution in [3.8, 4) is 35.2 Å². The smallest absolute Gasteiger partial charge is 0.462 e. The van der Waals surface area contributed by atoms with Gasteiger partial charge in [-0.1, -0.05) is 60.1 Å². The lowest BCUT2D eigenvalue weighted by atomic mass is 10.1. The predicted molar refractivity (Wildman–Crippen MR) is 163 cm³/mol. The minimum absolute atomic E-state index is 0.0144. The molecule has 0 radical (unpaired) electrons. The Kier molecular flexibility index (Phi) is 13.3. The van der Waals surface area contributed by atoms with Crippen molar-refractivity contribution in [2.24, 2.45) is 0 Å². The number of rotatable bonds is 12. The Bertz CT molecular complexity index is 1860. The van der Waals surface area contributed by atoms with Gasteiger partial charge in [0.05, 0.1) is 24.3 Å². The first-order valence-corrected chi connectivity index (χ1v) is 16.8. The highest BCUT2D eigenvalue weighted by atomic mass is 32.2. The second kappa shape index (κ2) is 17.0. The van der Waals surface area contributed by atoms with Crippen molar-refractivity contribution in [1.82, 2.24) is 0 Å². The van der Waals surface area contributed by atoms with E-state index in [1.165, 1.54) is 24.3 Å². The van der Waals surface area contributed by atoms with Crippen LogP contribution in [0.25, 0.3) is 0 Å². The third-order valence-electron chi connectivity index (χ3n) is 5.87. The second-order valence-electron chi connectivity index (χ2n) is 9.63. The van der Waals surface area contributed by atoms with Gasteiger partial charge in [0.15, 0.2) is 11.5 Å². The molecule has 0 spiro atoms. The second-order valence-corrected chi connectivity index (χ2v) is 12.7. The summed E-state index contributed by atoms with van der Waals surface area (Å²) in [5.74, 6) is 5.64. The molecule has 0 aromatic heterocycles. The van der Waals surface area contributed by atoms with Gasteiger partial charge in [-0.25, -0.2) is 9.59 Å². The highest BCUT2D eigenvalue weighted by molar-refractivity contribution is 7.88. The maximum atomic E-state index is 13.1. The van der Waals surface area contributed by atoms with E-state index in [2.05, 4.69) is 32.0 Å². The molecule has 0 saturated carbocycles. The first-order chi connectivity index (χ1) is 23.4. The normalized spacial score (nSPS) is 11.6. The largest absolute Gasteiger partial charge is 0.534 e. The van der Waals surface area contributed by atoms with Crippen LogP contribution in [0, 0.1) is 23.7 Å². The summed E-state index contributed by atoms with van der Waals surface area (Å²) < 4.78 is 144. The maximum Gasteiger partial charge on any atom is 0.534 e. The topological polar surface area (TPSA) is 139 Å². The lowest BCUT2D eigenvalue weighted by molar-refractivity contribution is -0.0513. The van der Waals surface area contributed by atoms with E-state index in [-0.39, 0.29) is 50.0 Å². The Hall–Kier alpha value is -5.20. The van der Waals surface area contributed by atoms with Gasteiger partial charge >= 0.3 is 43.2 Å². The summed E-state index contributed by atoms with van der Waals surface area (Å²) in [5.41, 5.74) is -12.4. The summed E-state index contributed by atoms with van der Waals surface area (Å²) in [4.78, 5) is 24.1. The zero-order valence-electron chi connectivity index (χ0n) is 25.3. The first-order valence-electron chi connectivity index (χ1n) is 14.0. The fourth-order valence-corrected chi connectivity index (χ4v) is 4.43. The Labute approximate surface area is 282 Å². The van der Waals surface area contributed by atoms with Gasteiger partial charge in [0.1, 0.15) is 0 Å². The molecule has 0 saturated heterocycles. The van der Waals surface area contributed by atoms with Gasteiger partial charge in [-0.05, 0) is 37.1 Å². The number of esters is 2. The van der Waals surface area contributed by atoms with E-state index in [1.54, 1.807) is 36.4 Å². The Balaban J connectivity index is 1.89. The number of carbonyl (C=O) groups excluding carboxylic acids is 2. The highest BCUT2D eigenvalue weighted by Crippen LogP contribution is 2.38. The molecule has 10 nitrogen and oxygen atoms in total. The standard InChI is InChI=1S/C32H24F6O10S2/c33-31(34,35)49(41,42)47-27-21-25(17-9-3-11-19-45-29(39)23-13-5-1-6-14-23)26(22-28(27)48-50(43,44)32(36,37)38)18-10-4-12-20-46-30(40)24-15-7-2-8-16-24/h1-2,5-8,13-16,21-22H,3-4,11-12,19-20H2. The van der Waals surface area contributed by atoms with Crippen LogP contribution in [-0.2, 0) is 29.7 Å². The van der Waals surface area contributed by atoms with Crippen LogP contribution < -0.4 is 8.37 Å². The fraction of sp³-hybridized carbons (Fsp3) is 0.250. The number of halogens is 6. The molecule has 0 aliphatic carbocycles. The molecule has 0 aliphatic heterocycles. The SMILES string of the molecule is O=C(OCCCC#Cc1cc(OS(=O)(=O)C(F)(F)F)c(OS(=O)(=O)C(F)(F)F)cc1C#CCCCOC(=O)c1ccccc1)c1ccccc1. The zero-order chi connectivity index (χ0) is 37.0. The minimum atomic E-state index is -6.54. The van der Waals surface area contributed by atoms with Crippen LogP contribution in [0.1, 0.15) is 57.5 Å². The molecule has 3 aromatic rings. The molecule has 0 unspecified atom stereocenters. The van der Waals surface area contributed by atoms with Crippen molar-refractivity contribution in [2.45, 2.75) is 36.7 Å². The predicted octanol–water partition coefficient (Wildman–Crippen LogP) is 6.12. The zero-order valence-corrected chi connectivity index (χ0v) is 27.0. The first kappa shape index (κ1) is 39.2. The lowest BCUT2D eigenvalue weighted by Gasteiger charge is -2.15. The van der Waals surface area contributed by atoms with Crippen molar-refractivity contribution in [2.75, 3.05) is 13.2 Å². The molecule has 0 bridgehead atoms. The van der Waals surface area contributed by atoms with E-state index in [9.17, 15) is 52.8 Å². The third-order valence-corrected chi connectivity index (χ3v) is 7.81. The Morgan fingerprint density at radius 1 is 0.580 bits per heavy atom. The van der Waals surface area contributed by atoms with Crippen molar-refractivity contribution in [1.29, 1.82) is 0 Å². The summed E-state index contributed by atoms with van der Waals surface area (Å²) in [5, 5.41) is 0. The maximum absolute atomic E-state index is 13.1. The molecular formula is C32H24F6O10S2. The minimum Gasteiger partial charge on any atom is -0.462 e. The van der Waals surface area contributed by atoms with Crippen LogP contribution >= 0.6 is 0 Å². The number of ether oxygens (including phenoxy) is 2. The molecular weight excluding hydrogens is 722 g/mol. The van der Waals surface area contributed by atoms with Gasteiger partial charge in [-0.15, -0.1) is 0 Å². The molecule has 0 N–H and O–H groups in total. The van der Waals surface area contributed by atoms with E-state index in [0.717, 1.165) is 0 Å². The van der Waals surface area contributed by atoms with E-state index < -0.39 is 65.8 Å². The molecule has 266 valence electrons. The van der Waals surface area contributed by atoms with Crippen molar-refractivity contribution >= 4 is 32.2 Å². The lowest BCUT2D eigenvalue weighted by Crippen LogP contribution is -2.30. The van der Waals surface area contributed by atoms with Crippen LogP contribution in [0.2, 0.25) is 0 Å². The van der Waals surface area contributed by atoms with E-state index in [1.807, 2.05) is 0 Å². The van der Waals surface area contributed by atoms with E-state index in [4.69, 9.17) is 9.47 Å². The summed E-state index contributed by atoms with van der Waals surface area (Å²) in [6.45, 7) is -0.214. The van der Waals surface area contributed by atoms with Crippen LogP contribution in [-0.4, -0.2) is 53.0 Å². The number of unbranched alkanes of at least 4 members (excludes halogenated alkanes) is 2. The molecule has 0 atom stereocenters. The molecule has 18 heteroatoms. The van der Waals surface area contributed by atoms with E-state index >= 15 is 0 Å². The van der Waals surface area contributed by atoms with Crippen LogP contribution in [0.15, 0.2) is 72.8 Å². The van der Waals surface area contributed by atoms with E-state index in [0.29, 0.717) is 12.1 Å². The summed E-state index contributed by atoms with van der Waals surface area (Å²) in [6, 6.07) is 16.8. The number of benzene rings is 3. The van der Waals surface area contributed by atoms with Crippen LogP contribution in [0.5, 0.6) is 11.5 Å². The fourth-order valence-electron chi connectivity index (χ4n) is 3.51. The number of hydrogen-bond acceptors (Lipinski definition) is 10. The van der Waals surface area contributed by atoms with Crippen molar-refractivity contribution in [3.63, 3.8) is 0 Å². The van der Waals surface area contributed by atoms with Crippen molar-refractivity contribution < 1.29 is 70.6 Å². The molecule has 0 amide bonds. The monoisotopic (exact) mass is 746 g/mol. The third kappa shape index (κ3) is 11.5. The Morgan fingerprint density at radius 2 is 0.920 bits per heavy atom. The average Bonchev–Trinajstić information content (AvgIpc) is 3.05. The Morgan fingerprint density at radius 3 is 1.24 bits per heavy atom. The summed E-state index contributed by atoms with van der Waals surface area (Å²) >= 11 is 0. The van der Waals surface area contributed by atoms with Gasteiger partial charge in [0.25, 0.3) is 0 Å². The van der Waals surface area contributed by atoms with Crippen molar-refractivity contribution in [3.05, 3.63) is 95.1 Å². The molecule has 3 rings (SSSR count).